The second-order valence-electron chi connectivity index (χ2n) is 6.93. The topological polar surface area (TPSA) is 37.8 Å². The molecule has 7 heteroatoms. The lowest BCUT2D eigenvalue weighted by Crippen LogP contribution is -2.42. The van der Waals surface area contributed by atoms with Gasteiger partial charge in [0.25, 0.3) is 0 Å². The van der Waals surface area contributed by atoms with Crippen molar-refractivity contribution < 1.29 is 18.3 Å². The van der Waals surface area contributed by atoms with E-state index in [4.69, 9.17) is 4.74 Å². The van der Waals surface area contributed by atoms with Crippen LogP contribution in [-0.4, -0.2) is 42.7 Å². The van der Waals surface area contributed by atoms with E-state index in [1.807, 2.05) is 6.07 Å². The van der Waals surface area contributed by atoms with Gasteiger partial charge in [0.1, 0.15) is 17.2 Å². The first-order chi connectivity index (χ1) is 14.0. The van der Waals surface area contributed by atoms with E-state index < -0.39 is 6.61 Å². The Morgan fingerprint density at radius 2 is 1.93 bits per heavy atom. The molecule has 0 spiro atoms. The average molecular weight is 403 g/mol. The van der Waals surface area contributed by atoms with Crippen molar-refractivity contribution in [1.29, 1.82) is 0 Å². The van der Waals surface area contributed by atoms with Gasteiger partial charge in [-0.25, -0.2) is 0 Å². The van der Waals surface area contributed by atoms with Crippen LogP contribution in [0.5, 0.6) is 11.5 Å². The standard InChI is InChI=1S/C22H27F2N3O2/c1-4-16(2)26-13-10-18(11-14-26)27(20-15-25-12-9-21(20)28-3)17-5-7-19(8-6-17)29-22(23)24/h5-9,12,15,18,22H,2,4,10-11,13-14H2,1,3H3. The zero-order chi connectivity index (χ0) is 20.8. The molecular formula is C22H27F2N3O2. The number of aromatic nitrogens is 1. The second kappa shape index (κ2) is 9.58. The van der Waals surface area contributed by atoms with Gasteiger partial charge < -0.3 is 19.3 Å². The zero-order valence-corrected chi connectivity index (χ0v) is 16.9. The number of methoxy groups -OCH3 is 1. The van der Waals surface area contributed by atoms with Crippen LogP contribution in [0.1, 0.15) is 26.2 Å². The van der Waals surface area contributed by atoms with Gasteiger partial charge in [-0.1, -0.05) is 13.5 Å². The number of benzene rings is 1. The van der Waals surface area contributed by atoms with E-state index in [1.165, 1.54) is 0 Å². The molecule has 5 nitrogen and oxygen atoms in total. The molecule has 2 heterocycles. The van der Waals surface area contributed by atoms with Crippen molar-refractivity contribution in [2.24, 2.45) is 0 Å². The Balaban J connectivity index is 1.90. The minimum absolute atomic E-state index is 0.135. The maximum Gasteiger partial charge on any atom is 0.387 e. The molecule has 0 saturated carbocycles. The summed E-state index contributed by atoms with van der Waals surface area (Å²) in [6.07, 6.45) is 6.28. The maximum absolute atomic E-state index is 12.5. The molecule has 0 radical (unpaired) electrons. The Morgan fingerprint density at radius 3 is 2.52 bits per heavy atom. The van der Waals surface area contributed by atoms with Crippen LogP contribution in [0.3, 0.4) is 0 Å². The van der Waals surface area contributed by atoms with Crippen molar-refractivity contribution in [3.05, 3.63) is 55.0 Å². The van der Waals surface area contributed by atoms with Gasteiger partial charge in [-0.15, -0.1) is 0 Å². The van der Waals surface area contributed by atoms with Crippen LogP contribution in [0.4, 0.5) is 20.2 Å². The fourth-order valence-electron chi connectivity index (χ4n) is 3.73. The third kappa shape index (κ3) is 4.96. The van der Waals surface area contributed by atoms with E-state index in [9.17, 15) is 8.78 Å². The van der Waals surface area contributed by atoms with E-state index in [0.29, 0.717) is 5.75 Å². The first kappa shape index (κ1) is 20.9. The predicted octanol–water partition coefficient (Wildman–Crippen LogP) is 5.22. The number of nitrogens with zero attached hydrogens (tertiary/aromatic N) is 3. The molecule has 2 aromatic rings. The summed E-state index contributed by atoms with van der Waals surface area (Å²) in [6.45, 7) is 5.26. The quantitative estimate of drug-likeness (QED) is 0.604. The molecule has 0 unspecified atom stereocenters. The summed E-state index contributed by atoms with van der Waals surface area (Å²) >= 11 is 0. The first-order valence-electron chi connectivity index (χ1n) is 9.78. The number of pyridine rings is 1. The first-order valence-corrected chi connectivity index (χ1v) is 9.78. The lowest BCUT2D eigenvalue weighted by atomic mass is 10.0. The molecule has 0 aliphatic carbocycles. The molecule has 1 aliphatic heterocycles. The smallest absolute Gasteiger partial charge is 0.387 e. The number of hydrogen-bond acceptors (Lipinski definition) is 5. The zero-order valence-electron chi connectivity index (χ0n) is 16.9. The van der Waals surface area contributed by atoms with Crippen LogP contribution in [-0.2, 0) is 0 Å². The van der Waals surface area contributed by atoms with E-state index in [2.05, 4.69) is 33.0 Å². The van der Waals surface area contributed by atoms with E-state index >= 15 is 0 Å². The monoisotopic (exact) mass is 403 g/mol. The highest BCUT2D eigenvalue weighted by atomic mass is 19.3. The van der Waals surface area contributed by atoms with Crippen LogP contribution in [0.2, 0.25) is 0 Å². The second-order valence-corrected chi connectivity index (χ2v) is 6.93. The fourth-order valence-corrected chi connectivity index (χ4v) is 3.73. The molecule has 0 amide bonds. The van der Waals surface area contributed by atoms with Crippen LogP contribution in [0.25, 0.3) is 0 Å². The number of hydrogen-bond donors (Lipinski definition) is 0. The van der Waals surface area contributed by atoms with Gasteiger partial charge in [0, 0.05) is 42.8 Å². The summed E-state index contributed by atoms with van der Waals surface area (Å²) in [5, 5.41) is 0. The molecule has 29 heavy (non-hydrogen) atoms. The molecule has 0 N–H and O–H groups in total. The molecule has 0 atom stereocenters. The summed E-state index contributed by atoms with van der Waals surface area (Å²) < 4.78 is 35.0. The number of rotatable bonds is 8. The summed E-state index contributed by atoms with van der Waals surface area (Å²) in [6, 6.07) is 8.75. The summed E-state index contributed by atoms with van der Waals surface area (Å²) in [5.41, 5.74) is 2.89. The molecule has 156 valence electrons. The molecule has 1 fully saturated rings. The van der Waals surface area contributed by atoms with Gasteiger partial charge in [-0.3, -0.25) is 4.98 Å². The summed E-state index contributed by atoms with van der Waals surface area (Å²) in [4.78, 5) is 8.79. The van der Waals surface area contributed by atoms with Crippen LogP contribution < -0.4 is 14.4 Å². The van der Waals surface area contributed by atoms with Gasteiger partial charge in [0.05, 0.1) is 13.3 Å². The lowest BCUT2D eigenvalue weighted by Gasteiger charge is -2.41. The van der Waals surface area contributed by atoms with Crippen molar-refractivity contribution in [3.8, 4) is 11.5 Å². The van der Waals surface area contributed by atoms with E-state index in [0.717, 1.165) is 49.4 Å². The number of likely N-dealkylation sites (tertiary alicyclic amines) is 1. The Bertz CT molecular complexity index is 806. The van der Waals surface area contributed by atoms with E-state index in [-0.39, 0.29) is 11.8 Å². The van der Waals surface area contributed by atoms with Crippen LogP contribution in [0, 0.1) is 0 Å². The van der Waals surface area contributed by atoms with Crippen LogP contribution >= 0.6 is 0 Å². The number of anilines is 2. The SMILES string of the molecule is C=C(CC)N1CCC(N(c2ccc(OC(F)F)cc2)c2cnccc2OC)CC1. The minimum Gasteiger partial charge on any atom is -0.494 e. The van der Waals surface area contributed by atoms with Gasteiger partial charge in [0.15, 0.2) is 0 Å². The Hall–Kier alpha value is -2.83. The molecule has 3 rings (SSSR count). The van der Waals surface area contributed by atoms with Crippen LogP contribution in [0.15, 0.2) is 55.0 Å². The summed E-state index contributed by atoms with van der Waals surface area (Å²) in [5.74, 6) is 0.851. The van der Waals surface area contributed by atoms with Gasteiger partial charge in [-0.05, 0) is 43.5 Å². The third-order valence-electron chi connectivity index (χ3n) is 5.27. The molecule has 0 bridgehead atoms. The van der Waals surface area contributed by atoms with Gasteiger partial charge >= 0.3 is 6.61 Å². The molecular weight excluding hydrogens is 376 g/mol. The summed E-state index contributed by atoms with van der Waals surface area (Å²) in [7, 11) is 1.63. The molecule has 1 aliphatic rings. The van der Waals surface area contributed by atoms with E-state index in [1.54, 1.807) is 43.8 Å². The fraction of sp³-hybridized carbons (Fsp3) is 0.409. The molecule has 1 saturated heterocycles. The van der Waals surface area contributed by atoms with Crippen molar-refractivity contribution in [2.45, 2.75) is 38.8 Å². The highest BCUT2D eigenvalue weighted by molar-refractivity contribution is 5.69. The Morgan fingerprint density at radius 1 is 1.24 bits per heavy atom. The van der Waals surface area contributed by atoms with Crippen molar-refractivity contribution in [2.75, 3.05) is 25.1 Å². The number of allylic oxidation sites excluding steroid dienone is 1. The molecule has 1 aromatic carbocycles. The highest BCUT2D eigenvalue weighted by Gasteiger charge is 2.28. The molecule has 1 aromatic heterocycles. The Kier molecular flexibility index (Phi) is 6.90. The number of halogens is 2. The maximum atomic E-state index is 12.5. The minimum atomic E-state index is -2.84. The van der Waals surface area contributed by atoms with Crippen molar-refractivity contribution in [3.63, 3.8) is 0 Å². The number of ether oxygens (including phenoxy) is 2. The Labute approximate surface area is 170 Å². The predicted molar refractivity (Wildman–Crippen MR) is 110 cm³/mol. The van der Waals surface area contributed by atoms with Gasteiger partial charge in [0.2, 0.25) is 0 Å². The largest absolute Gasteiger partial charge is 0.494 e. The van der Waals surface area contributed by atoms with Gasteiger partial charge in [-0.2, -0.15) is 8.78 Å². The lowest BCUT2D eigenvalue weighted by molar-refractivity contribution is -0.0498. The number of piperidine rings is 1. The third-order valence-corrected chi connectivity index (χ3v) is 5.27. The highest BCUT2D eigenvalue weighted by Crippen LogP contribution is 2.38. The van der Waals surface area contributed by atoms with Crippen molar-refractivity contribution >= 4 is 11.4 Å². The normalized spacial score (nSPS) is 14.7. The average Bonchev–Trinajstić information content (AvgIpc) is 2.75. The van der Waals surface area contributed by atoms with Crippen molar-refractivity contribution in [1.82, 2.24) is 9.88 Å². The number of alkyl halides is 2.